The van der Waals surface area contributed by atoms with Crippen LogP contribution in [0.4, 0.5) is 28.9 Å². The van der Waals surface area contributed by atoms with E-state index in [1.807, 2.05) is 13.8 Å². The summed E-state index contributed by atoms with van der Waals surface area (Å²) < 4.78 is 57.9. The maximum Gasteiger partial charge on any atom is 0.261 e. The molecule has 2 amide bonds. The first-order valence-electron chi connectivity index (χ1n) is 9.64. The van der Waals surface area contributed by atoms with Crippen LogP contribution in [-0.2, 0) is 0 Å². The average Bonchev–Trinajstić information content (AvgIpc) is 2.72. The van der Waals surface area contributed by atoms with Crippen LogP contribution in [0, 0.1) is 51.0 Å². The summed E-state index contributed by atoms with van der Waals surface area (Å²) in [5.41, 5.74) is 1.02. The first-order valence-corrected chi connectivity index (χ1v) is 9.64. The molecule has 0 unspecified atom stereocenters. The molecule has 4 nitrogen and oxygen atoms in total. The fraction of sp³-hybridized carbons (Fsp3) is 0.167. The van der Waals surface area contributed by atoms with Crippen LogP contribution in [0.3, 0.4) is 0 Å². The van der Waals surface area contributed by atoms with Crippen LogP contribution in [0.5, 0.6) is 0 Å². The molecule has 0 aliphatic heterocycles. The summed E-state index contributed by atoms with van der Waals surface area (Å²) in [4.78, 5) is 25.0. The lowest BCUT2D eigenvalue weighted by Gasteiger charge is -2.14. The second-order valence-electron chi connectivity index (χ2n) is 7.51. The number of benzene rings is 3. The smallest absolute Gasteiger partial charge is 0.261 e. The van der Waals surface area contributed by atoms with Crippen molar-refractivity contribution in [3.63, 3.8) is 0 Å². The maximum absolute atomic E-state index is 15.0. The van der Waals surface area contributed by atoms with Crippen molar-refractivity contribution in [2.45, 2.75) is 27.7 Å². The van der Waals surface area contributed by atoms with Gasteiger partial charge < -0.3 is 10.6 Å². The molecule has 0 fully saturated rings. The molecule has 0 bridgehead atoms. The van der Waals surface area contributed by atoms with E-state index < -0.39 is 46.2 Å². The quantitative estimate of drug-likeness (QED) is 0.295. The number of amides is 2. The minimum Gasteiger partial charge on any atom is -0.322 e. The highest BCUT2D eigenvalue weighted by Gasteiger charge is 2.32. The molecule has 0 aliphatic rings. The van der Waals surface area contributed by atoms with Crippen LogP contribution in [0.15, 0.2) is 36.4 Å². The summed E-state index contributed by atoms with van der Waals surface area (Å²) in [5, 5.41) is 4.49. The van der Waals surface area contributed by atoms with E-state index in [0.29, 0.717) is 0 Å². The first-order chi connectivity index (χ1) is 15.0. The van der Waals surface area contributed by atoms with Gasteiger partial charge in [-0.2, -0.15) is 0 Å². The van der Waals surface area contributed by atoms with Crippen molar-refractivity contribution in [1.29, 1.82) is 0 Å². The number of carbonyl (C=O) groups is 2. The minimum absolute atomic E-state index is 0.197. The third-order valence-electron chi connectivity index (χ3n) is 5.25. The molecule has 0 radical (unpaired) electrons. The van der Waals surface area contributed by atoms with E-state index in [4.69, 9.17) is 0 Å². The van der Waals surface area contributed by atoms with E-state index >= 15 is 0 Å². The van der Waals surface area contributed by atoms with E-state index in [1.165, 1.54) is 12.1 Å². The van der Waals surface area contributed by atoms with Gasteiger partial charge in [0, 0.05) is 11.4 Å². The van der Waals surface area contributed by atoms with Gasteiger partial charge >= 0.3 is 0 Å². The molecule has 32 heavy (non-hydrogen) atoms. The summed E-state index contributed by atoms with van der Waals surface area (Å²) in [7, 11) is 0. The fourth-order valence-corrected chi connectivity index (χ4v) is 3.06. The second-order valence-corrected chi connectivity index (χ2v) is 7.51. The van der Waals surface area contributed by atoms with Crippen LogP contribution in [0.1, 0.15) is 43.0 Å². The van der Waals surface area contributed by atoms with Gasteiger partial charge in [0.05, 0.1) is 0 Å². The van der Waals surface area contributed by atoms with Crippen molar-refractivity contribution in [2.24, 2.45) is 0 Å². The average molecular weight is 444 g/mol. The van der Waals surface area contributed by atoms with Gasteiger partial charge in [-0.1, -0.05) is 12.1 Å². The van der Waals surface area contributed by atoms with E-state index in [-0.39, 0.29) is 11.4 Å². The molecule has 2 N–H and O–H groups in total. The summed E-state index contributed by atoms with van der Waals surface area (Å²) in [6.45, 7) is 7.18. The Morgan fingerprint density at radius 3 is 1.28 bits per heavy atom. The van der Waals surface area contributed by atoms with Crippen LogP contribution >= 0.6 is 0 Å². The largest absolute Gasteiger partial charge is 0.322 e. The number of hydrogen-bond acceptors (Lipinski definition) is 2. The Kier molecular flexibility index (Phi) is 6.34. The maximum atomic E-state index is 15.0. The second kappa shape index (κ2) is 8.82. The zero-order chi connectivity index (χ0) is 23.7. The predicted molar refractivity (Wildman–Crippen MR) is 114 cm³/mol. The molecule has 3 rings (SSSR count). The summed E-state index contributed by atoms with van der Waals surface area (Å²) >= 11 is 0. The summed E-state index contributed by atoms with van der Waals surface area (Å²) in [5.74, 6) is -10.7. The van der Waals surface area contributed by atoms with Gasteiger partial charge in [-0.3, -0.25) is 9.59 Å². The fourth-order valence-electron chi connectivity index (χ4n) is 3.06. The molecular weight excluding hydrogens is 424 g/mol. The van der Waals surface area contributed by atoms with E-state index in [1.54, 1.807) is 38.1 Å². The van der Waals surface area contributed by atoms with Gasteiger partial charge in [-0.05, 0) is 74.2 Å². The predicted octanol–water partition coefficient (Wildman–Crippen LogP) is 5.98. The van der Waals surface area contributed by atoms with Crippen LogP contribution < -0.4 is 10.6 Å². The number of hydrogen-bond donors (Lipinski definition) is 2. The number of anilines is 2. The van der Waals surface area contributed by atoms with Gasteiger partial charge in [0.25, 0.3) is 11.8 Å². The van der Waals surface area contributed by atoms with Crippen molar-refractivity contribution in [2.75, 3.05) is 10.6 Å². The Morgan fingerprint density at radius 1 is 0.562 bits per heavy atom. The SMILES string of the molecule is Cc1ccc(NC(=O)c2c(F)c(F)c(F)c(C(=O)Nc3ccc(C)c(C)c3)c2F)cc1C. The third-order valence-corrected chi connectivity index (χ3v) is 5.25. The summed E-state index contributed by atoms with van der Waals surface area (Å²) in [6.07, 6.45) is 0. The molecule has 0 heterocycles. The van der Waals surface area contributed by atoms with E-state index in [0.717, 1.165) is 22.3 Å². The number of carbonyl (C=O) groups excluding carboxylic acids is 2. The van der Waals surface area contributed by atoms with Crippen LogP contribution in [-0.4, -0.2) is 11.8 Å². The lowest BCUT2D eigenvalue weighted by molar-refractivity contribution is 0.101. The van der Waals surface area contributed by atoms with Crippen molar-refractivity contribution >= 4 is 23.2 Å². The Labute approximate surface area is 182 Å². The zero-order valence-electron chi connectivity index (χ0n) is 17.8. The molecule has 0 atom stereocenters. The van der Waals surface area contributed by atoms with E-state index in [9.17, 15) is 27.2 Å². The van der Waals surface area contributed by atoms with Crippen LogP contribution in [0.25, 0.3) is 0 Å². The molecule has 0 saturated heterocycles. The van der Waals surface area contributed by atoms with Crippen molar-refractivity contribution in [1.82, 2.24) is 0 Å². The molecule has 166 valence electrons. The topological polar surface area (TPSA) is 58.2 Å². The lowest BCUT2D eigenvalue weighted by atomic mass is 10.0. The first kappa shape index (κ1) is 23.0. The number of rotatable bonds is 4. The Morgan fingerprint density at radius 2 is 0.938 bits per heavy atom. The van der Waals surface area contributed by atoms with Crippen molar-refractivity contribution in [3.05, 3.63) is 93.0 Å². The highest BCUT2D eigenvalue weighted by molar-refractivity contribution is 6.09. The van der Waals surface area contributed by atoms with Gasteiger partial charge in [0.2, 0.25) is 0 Å². The van der Waals surface area contributed by atoms with E-state index in [2.05, 4.69) is 10.6 Å². The number of halogens is 4. The zero-order valence-corrected chi connectivity index (χ0v) is 17.8. The highest BCUT2D eigenvalue weighted by atomic mass is 19.2. The summed E-state index contributed by atoms with van der Waals surface area (Å²) in [6, 6.07) is 9.43. The normalized spacial score (nSPS) is 10.8. The van der Waals surface area contributed by atoms with Gasteiger partial charge in [-0.15, -0.1) is 0 Å². The van der Waals surface area contributed by atoms with Gasteiger partial charge in [-0.25, -0.2) is 17.6 Å². The molecule has 0 spiro atoms. The van der Waals surface area contributed by atoms with Crippen molar-refractivity contribution < 1.29 is 27.2 Å². The molecule has 3 aromatic rings. The Bertz CT molecular complexity index is 1160. The number of aryl methyl sites for hydroxylation is 4. The molecule has 0 aliphatic carbocycles. The lowest BCUT2D eigenvalue weighted by Crippen LogP contribution is -2.24. The highest BCUT2D eigenvalue weighted by Crippen LogP contribution is 2.27. The molecule has 8 heteroatoms. The van der Waals surface area contributed by atoms with Gasteiger partial charge in [0.1, 0.15) is 11.1 Å². The van der Waals surface area contributed by atoms with Gasteiger partial charge in [0.15, 0.2) is 23.3 Å². The monoisotopic (exact) mass is 444 g/mol. The molecule has 0 aromatic heterocycles. The molecule has 3 aromatic carbocycles. The molecular formula is C24H20F4N2O2. The molecule has 0 saturated carbocycles. The Hall–Kier alpha value is -3.68. The van der Waals surface area contributed by atoms with Crippen LogP contribution in [0.2, 0.25) is 0 Å². The third kappa shape index (κ3) is 4.34. The standard InChI is InChI=1S/C24H20F4N2O2/c1-11-5-7-15(9-13(11)3)29-23(31)17-19(25)18(21(27)22(28)20(17)26)24(32)30-16-8-6-12(2)14(4)10-16/h5-10H,1-4H3,(H,29,31)(H,30,32). The Balaban J connectivity index is 2.01. The number of nitrogens with one attached hydrogen (secondary N) is 2. The minimum atomic E-state index is -2.12. The van der Waals surface area contributed by atoms with Crippen molar-refractivity contribution in [3.8, 4) is 0 Å².